The van der Waals surface area contributed by atoms with Gasteiger partial charge in [-0.1, -0.05) is 6.08 Å². The summed E-state index contributed by atoms with van der Waals surface area (Å²) in [5.74, 6) is -1.70. The number of hydrogen-bond acceptors (Lipinski definition) is 8. The lowest BCUT2D eigenvalue weighted by Crippen LogP contribution is -2.12. The summed E-state index contributed by atoms with van der Waals surface area (Å²) in [5.41, 5.74) is 0. The van der Waals surface area contributed by atoms with Gasteiger partial charge in [-0.2, -0.15) is 0 Å². The molecule has 0 N–H and O–H groups in total. The monoisotopic (exact) mass is 342 g/mol. The van der Waals surface area contributed by atoms with Crippen LogP contribution in [0.2, 0.25) is 0 Å². The van der Waals surface area contributed by atoms with E-state index in [0.717, 1.165) is 13.8 Å². The van der Waals surface area contributed by atoms with Crippen molar-refractivity contribution in [3.05, 3.63) is 12.7 Å². The van der Waals surface area contributed by atoms with Crippen LogP contribution in [-0.2, 0) is 36.8 Å². The molecule has 0 amide bonds. The van der Waals surface area contributed by atoms with Crippen molar-refractivity contribution >= 4 is 28.4 Å². The highest BCUT2D eigenvalue weighted by Gasteiger charge is 2.35. The van der Waals surface area contributed by atoms with Crippen molar-refractivity contribution in [3.8, 4) is 0 Å². The second-order valence-corrected chi connectivity index (χ2v) is 5.42. The highest BCUT2D eigenvalue weighted by atomic mass is 31.2. The van der Waals surface area contributed by atoms with Crippen LogP contribution in [0.15, 0.2) is 12.7 Å². The van der Waals surface area contributed by atoms with E-state index in [9.17, 15) is 18.7 Å². The number of phosphoric ester groups is 1. The largest absolute Gasteiger partial charge is 0.592 e. The van der Waals surface area contributed by atoms with Gasteiger partial charge in [-0.15, -0.1) is 6.58 Å². The Morgan fingerprint density at radius 1 is 1.29 bits per heavy atom. The minimum atomic E-state index is -4.16. The van der Waals surface area contributed by atoms with Crippen LogP contribution in [0.5, 0.6) is 0 Å². The highest BCUT2D eigenvalue weighted by Crippen LogP contribution is 2.51. The van der Waals surface area contributed by atoms with Gasteiger partial charge < -0.3 is 9.05 Å². The average Bonchev–Trinajstić information content (AvgIpc) is 2.27. The maximum atomic E-state index is 11.8. The summed E-state index contributed by atoms with van der Waals surface area (Å²) in [6.07, 6.45) is 1.38. The molecule has 0 fully saturated rings. The van der Waals surface area contributed by atoms with Crippen LogP contribution in [0.1, 0.15) is 34.1 Å². The van der Waals surface area contributed by atoms with Gasteiger partial charge in [0, 0.05) is 13.8 Å². The summed E-state index contributed by atoms with van der Waals surface area (Å²) >= 11 is 0. The third-order valence-corrected chi connectivity index (χ3v) is 3.41. The first-order chi connectivity index (χ1) is 9.70. The van der Waals surface area contributed by atoms with Gasteiger partial charge in [0.2, 0.25) is 0 Å². The first-order valence-electron chi connectivity index (χ1n) is 5.95. The van der Waals surface area contributed by atoms with E-state index in [0.29, 0.717) is 13.0 Å². The number of carbonyl (C=O) groups excluding carboxylic acids is 2. The first-order valence-corrected chi connectivity index (χ1v) is 8.14. The van der Waals surface area contributed by atoms with Gasteiger partial charge in [-0.25, -0.2) is 9.13 Å². The predicted octanol–water partition coefficient (Wildman–Crippen LogP) is 3.43. The molecule has 0 aliphatic rings. The minimum Gasteiger partial charge on any atom is -0.362 e. The molecule has 0 aromatic rings. The molecule has 0 radical (unpaired) electrons. The van der Waals surface area contributed by atoms with Crippen molar-refractivity contribution in [3.63, 3.8) is 0 Å². The van der Waals surface area contributed by atoms with E-state index in [1.807, 2.05) is 0 Å². The Bertz CT molecular complexity index is 376. The van der Waals surface area contributed by atoms with Crippen molar-refractivity contribution in [1.82, 2.24) is 0 Å². The summed E-state index contributed by atoms with van der Waals surface area (Å²) in [4.78, 5) is 21.4. The molecule has 1 unspecified atom stereocenters. The fourth-order valence-electron chi connectivity index (χ4n) is 0.927. The van der Waals surface area contributed by atoms with Crippen LogP contribution >= 0.6 is 16.5 Å². The van der Waals surface area contributed by atoms with E-state index in [4.69, 9.17) is 4.52 Å². The molecule has 0 aromatic heterocycles. The highest BCUT2D eigenvalue weighted by molar-refractivity contribution is 7.49. The molecule has 0 heterocycles. The minimum absolute atomic E-state index is 0.220. The number of carbonyl (C=O) groups is 2. The Morgan fingerprint density at radius 2 is 1.76 bits per heavy atom. The molecule has 8 nitrogen and oxygen atoms in total. The van der Waals surface area contributed by atoms with Crippen molar-refractivity contribution in [2.24, 2.45) is 0 Å². The average molecular weight is 342 g/mol. The zero-order valence-corrected chi connectivity index (χ0v) is 14.2. The van der Waals surface area contributed by atoms with Gasteiger partial charge in [0.15, 0.2) is 0 Å². The second kappa shape index (κ2) is 12.7. The first kappa shape index (κ1) is 22.2. The third-order valence-electron chi connectivity index (χ3n) is 1.47. The van der Waals surface area contributed by atoms with Crippen molar-refractivity contribution < 1.29 is 36.8 Å². The third kappa shape index (κ3) is 15.1. The molecule has 0 bridgehead atoms. The smallest absolute Gasteiger partial charge is 0.362 e. The quantitative estimate of drug-likeness (QED) is 0.488. The molecule has 122 valence electrons. The predicted molar refractivity (Wildman–Crippen MR) is 75.7 cm³/mol. The summed E-state index contributed by atoms with van der Waals surface area (Å²) in [6.45, 7) is 9.43. The molecule has 21 heavy (non-hydrogen) atoms. The molecule has 1 atom stereocenters. The Hall–Kier alpha value is -1.07. The van der Waals surface area contributed by atoms with E-state index in [1.54, 1.807) is 13.8 Å². The summed E-state index contributed by atoms with van der Waals surface area (Å²) in [7, 11) is -4.38. The lowest BCUT2D eigenvalue weighted by molar-refractivity contribution is -0.138. The van der Waals surface area contributed by atoms with Crippen LogP contribution < -0.4 is 0 Å². The van der Waals surface area contributed by atoms with E-state index >= 15 is 0 Å². The SMILES string of the molecule is C=CCC(C)OP(=O)(OC(C)=O)OC(C)=O.CCOP=O. The van der Waals surface area contributed by atoms with Gasteiger partial charge in [0.25, 0.3) is 0 Å². The van der Waals surface area contributed by atoms with Gasteiger partial charge in [0.1, 0.15) is 0 Å². The molecule has 10 heteroatoms. The van der Waals surface area contributed by atoms with Crippen LogP contribution in [0, 0.1) is 0 Å². The van der Waals surface area contributed by atoms with Crippen molar-refractivity contribution in [2.45, 2.75) is 40.2 Å². The zero-order chi connectivity index (χ0) is 16.9. The summed E-state index contributed by atoms with van der Waals surface area (Å²) in [6, 6.07) is 0. The number of rotatable bonds is 8. The van der Waals surface area contributed by atoms with Gasteiger partial charge in [-0.05, 0) is 20.3 Å². The molecule has 0 spiro atoms. The van der Waals surface area contributed by atoms with E-state index in [1.165, 1.54) is 6.08 Å². The van der Waals surface area contributed by atoms with Crippen LogP contribution in [0.3, 0.4) is 0 Å². The second-order valence-electron chi connectivity index (χ2n) is 3.55. The van der Waals surface area contributed by atoms with E-state index in [2.05, 4.69) is 20.2 Å². The molecule has 0 rings (SSSR count). The zero-order valence-electron chi connectivity index (χ0n) is 12.4. The Morgan fingerprint density at radius 3 is 2.00 bits per heavy atom. The van der Waals surface area contributed by atoms with Gasteiger partial charge >= 0.3 is 28.4 Å². The maximum absolute atomic E-state index is 11.8. The lowest BCUT2D eigenvalue weighted by atomic mass is 10.3. The molecule has 0 aliphatic heterocycles. The molecule has 0 saturated carbocycles. The summed E-state index contributed by atoms with van der Waals surface area (Å²) < 4.78 is 39.0. The topological polar surface area (TPSA) is 105 Å². The molecule has 0 aromatic carbocycles. The molecular formula is C11H20O8P2. The number of phosphoric acid groups is 1. The maximum Gasteiger partial charge on any atom is 0.592 e. The van der Waals surface area contributed by atoms with Crippen LogP contribution in [-0.4, -0.2) is 24.6 Å². The molecule has 0 saturated heterocycles. The van der Waals surface area contributed by atoms with E-state index < -0.39 is 25.9 Å². The van der Waals surface area contributed by atoms with Gasteiger partial charge in [-0.3, -0.25) is 18.6 Å². The molecule has 0 aliphatic carbocycles. The fraction of sp³-hybridized carbons (Fsp3) is 0.636. The lowest BCUT2D eigenvalue weighted by Gasteiger charge is -2.18. The fourth-order valence-corrected chi connectivity index (χ4v) is 2.31. The van der Waals surface area contributed by atoms with Crippen molar-refractivity contribution in [1.29, 1.82) is 0 Å². The normalized spacial score (nSPS) is 11.8. The van der Waals surface area contributed by atoms with Crippen LogP contribution in [0.4, 0.5) is 0 Å². The van der Waals surface area contributed by atoms with Crippen LogP contribution in [0.25, 0.3) is 0 Å². The van der Waals surface area contributed by atoms with Gasteiger partial charge in [0.05, 0.1) is 12.7 Å². The Balaban J connectivity index is 0. The van der Waals surface area contributed by atoms with Crippen molar-refractivity contribution in [2.75, 3.05) is 6.61 Å². The Kier molecular flexibility index (Phi) is 13.4. The number of hydrogen-bond donors (Lipinski definition) is 0. The standard InChI is InChI=1S/C9H15O6P.C2H5O2P/c1-5-6-7(2)13-16(12,14-8(3)10)15-9(4)11;1-2-4-5-3/h5,7H,1,6H2,2-4H3;2H2,1H3. The van der Waals surface area contributed by atoms with E-state index in [-0.39, 0.29) is 8.69 Å². The molecular weight excluding hydrogens is 322 g/mol. The summed E-state index contributed by atoms with van der Waals surface area (Å²) in [5, 5.41) is 0. The Labute approximate surface area is 125 Å².